The van der Waals surface area contributed by atoms with Crippen LogP contribution in [0.4, 0.5) is 0 Å². The summed E-state index contributed by atoms with van der Waals surface area (Å²) in [5.41, 5.74) is 0.928. The zero-order chi connectivity index (χ0) is 12.1. The van der Waals surface area contributed by atoms with Crippen LogP contribution in [-0.4, -0.2) is 30.6 Å². The first-order valence-corrected chi connectivity index (χ1v) is 5.81. The smallest absolute Gasteiger partial charge is 0.309 e. The minimum absolute atomic E-state index is 0.134. The Morgan fingerprint density at radius 1 is 1.69 bits per heavy atom. The third kappa shape index (κ3) is 3.56. The van der Waals surface area contributed by atoms with Crippen molar-refractivity contribution in [2.24, 2.45) is 5.92 Å². The van der Waals surface area contributed by atoms with Crippen LogP contribution in [0.2, 0.25) is 0 Å². The molecule has 4 nitrogen and oxygen atoms in total. The van der Waals surface area contributed by atoms with Crippen LogP contribution in [0, 0.1) is 5.92 Å². The largest absolute Gasteiger partial charge is 0.481 e. The molecule has 1 saturated heterocycles. The van der Waals surface area contributed by atoms with E-state index in [1.165, 1.54) is 0 Å². The highest BCUT2D eigenvalue weighted by atomic mass is 16.4. The van der Waals surface area contributed by atoms with Crippen molar-refractivity contribution in [1.29, 1.82) is 0 Å². The number of carboxylic acids is 1. The normalized spacial score (nSPS) is 26.6. The Hall–Kier alpha value is -0.965. The molecule has 16 heavy (non-hydrogen) atoms. The van der Waals surface area contributed by atoms with Gasteiger partial charge >= 0.3 is 5.97 Å². The lowest BCUT2D eigenvalue weighted by atomic mass is 9.77. The standard InChI is InChI=1S/C11H20BNO3/c1-4-8(11(14)15)9-5-6-10(12-16-9)13-7(2)3/h8-10,12-13H,2,4-6H2,1,3H3,(H,14,15). The summed E-state index contributed by atoms with van der Waals surface area (Å²) in [6.07, 6.45) is 2.24. The molecule has 3 atom stereocenters. The topological polar surface area (TPSA) is 58.6 Å². The Labute approximate surface area is 97.3 Å². The first-order valence-electron chi connectivity index (χ1n) is 5.81. The van der Waals surface area contributed by atoms with Crippen molar-refractivity contribution in [2.45, 2.75) is 45.2 Å². The zero-order valence-corrected chi connectivity index (χ0v) is 10.0. The van der Waals surface area contributed by atoms with E-state index in [1.54, 1.807) is 0 Å². The highest BCUT2D eigenvalue weighted by Gasteiger charge is 2.32. The van der Waals surface area contributed by atoms with Crippen molar-refractivity contribution in [1.82, 2.24) is 5.32 Å². The average molecular weight is 225 g/mol. The minimum Gasteiger partial charge on any atom is -0.481 e. The number of rotatable bonds is 5. The molecular weight excluding hydrogens is 205 g/mol. The van der Waals surface area contributed by atoms with E-state index in [0.29, 0.717) is 13.9 Å². The highest BCUT2D eigenvalue weighted by Crippen LogP contribution is 2.22. The summed E-state index contributed by atoms with van der Waals surface area (Å²) < 4.78 is 5.62. The molecule has 2 N–H and O–H groups in total. The fourth-order valence-electron chi connectivity index (χ4n) is 2.15. The van der Waals surface area contributed by atoms with Crippen LogP contribution in [0.3, 0.4) is 0 Å². The quantitative estimate of drug-likeness (QED) is 0.687. The third-order valence-electron chi connectivity index (χ3n) is 2.97. The second kappa shape index (κ2) is 5.94. The number of allylic oxidation sites excluding steroid dienone is 1. The maximum Gasteiger partial charge on any atom is 0.309 e. The molecule has 1 aliphatic rings. The van der Waals surface area contributed by atoms with Gasteiger partial charge in [-0.25, -0.2) is 0 Å². The van der Waals surface area contributed by atoms with E-state index in [2.05, 4.69) is 11.9 Å². The number of carbonyl (C=O) groups is 1. The van der Waals surface area contributed by atoms with Crippen molar-refractivity contribution in [2.75, 3.05) is 0 Å². The van der Waals surface area contributed by atoms with Gasteiger partial charge in [-0.3, -0.25) is 4.79 Å². The van der Waals surface area contributed by atoms with E-state index in [1.807, 2.05) is 13.8 Å². The van der Waals surface area contributed by atoms with Crippen molar-refractivity contribution < 1.29 is 14.6 Å². The van der Waals surface area contributed by atoms with E-state index >= 15 is 0 Å². The Morgan fingerprint density at radius 3 is 2.75 bits per heavy atom. The first kappa shape index (κ1) is 13.1. The van der Waals surface area contributed by atoms with Crippen LogP contribution in [-0.2, 0) is 9.45 Å². The van der Waals surface area contributed by atoms with Crippen LogP contribution in [0.25, 0.3) is 0 Å². The van der Waals surface area contributed by atoms with Crippen molar-refractivity contribution in [3.8, 4) is 0 Å². The molecule has 0 radical (unpaired) electrons. The molecule has 0 aliphatic carbocycles. The van der Waals surface area contributed by atoms with Crippen molar-refractivity contribution in [3.05, 3.63) is 12.3 Å². The lowest BCUT2D eigenvalue weighted by molar-refractivity contribution is -0.145. The summed E-state index contributed by atoms with van der Waals surface area (Å²) in [6, 6.07) is 0. The molecule has 90 valence electrons. The Bertz CT molecular complexity index is 262. The molecular formula is C11H20BNO3. The SMILES string of the molecule is C=C(C)NC1BOC(C(CC)C(=O)O)CC1. The van der Waals surface area contributed by atoms with Crippen molar-refractivity contribution in [3.63, 3.8) is 0 Å². The Kier molecular flexibility index (Phi) is 4.86. The fourth-order valence-corrected chi connectivity index (χ4v) is 2.15. The monoisotopic (exact) mass is 225 g/mol. The maximum atomic E-state index is 11.0. The van der Waals surface area contributed by atoms with Crippen LogP contribution in [0.15, 0.2) is 12.3 Å². The van der Waals surface area contributed by atoms with Gasteiger partial charge in [0.15, 0.2) is 0 Å². The van der Waals surface area contributed by atoms with E-state index in [0.717, 1.165) is 18.5 Å². The number of nitrogens with one attached hydrogen (secondary N) is 1. The Morgan fingerprint density at radius 2 is 2.38 bits per heavy atom. The zero-order valence-electron chi connectivity index (χ0n) is 10.0. The van der Waals surface area contributed by atoms with Crippen molar-refractivity contribution >= 4 is 13.5 Å². The van der Waals surface area contributed by atoms with Gasteiger partial charge in [-0.05, 0) is 31.9 Å². The minimum atomic E-state index is -0.751. The summed E-state index contributed by atoms with van der Waals surface area (Å²) in [4.78, 5) is 11.0. The second-order valence-corrected chi connectivity index (χ2v) is 4.42. The van der Waals surface area contributed by atoms with Gasteiger partial charge < -0.3 is 15.1 Å². The molecule has 0 amide bonds. The van der Waals surface area contributed by atoms with Gasteiger partial charge in [0, 0.05) is 5.94 Å². The van der Waals surface area contributed by atoms with Gasteiger partial charge in [0.1, 0.15) is 0 Å². The molecule has 1 heterocycles. The number of carboxylic acid groups (broad SMARTS) is 1. The predicted molar refractivity (Wildman–Crippen MR) is 64.4 cm³/mol. The lowest BCUT2D eigenvalue weighted by Gasteiger charge is -2.32. The van der Waals surface area contributed by atoms with Crippen LogP contribution >= 0.6 is 0 Å². The highest BCUT2D eigenvalue weighted by molar-refractivity contribution is 6.30. The van der Waals surface area contributed by atoms with Crippen LogP contribution in [0.1, 0.15) is 33.1 Å². The summed E-state index contributed by atoms with van der Waals surface area (Å²) in [5.74, 6) is -0.843. The van der Waals surface area contributed by atoms with Gasteiger partial charge in [0.25, 0.3) is 7.48 Å². The molecule has 0 aromatic carbocycles. The molecule has 5 heteroatoms. The molecule has 1 fully saturated rings. The van der Waals surface area contributed by atoms with E-state index < -0.39 is 5.97 Å². The van der Waals surface area contributed by atoms with Gasteiger partial charge in [-0.15, -0.1) is 0 Å². The molecule has 0 aromatic rings. The number of hydrogen-bond acceptors (Lipinski definition) is 3. The predicted octanol–water partition coefficient (Wildman–Crippen LogP) is 1.08. The molecule has 1 rings (SSSR count). The van der Waals surface area contributed by atoms with E-state index in [4.69, 9.17) is 9.76 Å². The second-order valence-electron chi connectivity index (χ2n) is 4.42. The molecule has 3 unspecified atom stereocenters. The molecule has 0 aromatic heterocycles. The summed E-state index contributed by atoms with van der Waals surface area (Å²) in [6.45, 7) is 7.59. The third-order valence-corrected chi connectivity index (χ3v) is 2.97. The van der Waals surface area contributed by atoms with Gasteiger partial charge in [0.05, 0.1) is 12.0 Å². The maximum absolute atomic E-state index is 11.0. The van der Waals surface area contributed by atoms with Gasteiger partial charge in [0.2, 0.25) is 0 Å². The average Bonchev–Trinajstić information content (AvgIpc) is 2.20. The Balaban J connectivity index is 2.41. The summed E-state index contributed by atoms with van der Waals surface area (Å²) in [7, 11) is 0.571. The van der Waals surface area contributed by atoms with Gasteiger partial charge in [-0.2, -0.15) is 0 Å². The lowest BCUT2D eigenvalue weighted by Crippen LogP contribution is -2.44. The molecule has 0 bridgehead atoms. The summed E-state index contributed by atoms with van der Waals surface area (Å²) >= 11 is 0. The summed E-state index contributed by atoms with van der Waals surface area (Å²) in [5, 5.41) is 12.2. The van der Waals surface area contributed by atoms with E-state index in [9.17, 15) is 4.79 Å². The molecule has 0 spiro atoms. The first-order chi connectivity index (χ1) is 7.54. The van der Waals surface area contributed by atoms with Gasteiger partial charge in [-0.1, -0.05) is 13.5 Å². The fraction of sp³-hybridized carbons (Fsp3) is 0.727. The number of hydrogen-bond donors (Lipinski definition) is 2. The van der Waals surface area contributed by atoms with E-state index in [-0.39, 0.29) is 18.0 Å². The van der Waals surface area contributed by atoms with Crippen LogP contribution < -0.4 is 5.32 Å². The van der Waals surface area contributed by atoms with Crippen LogP contribution in [0.5, 0.6) is 0 Å². The molecule has 0 saturated carbocycles. The molecule has 1 aliphatic heterocycles. The number of aliphatic carboxylic acids is 1.